The first-order valence-electron chi connectivity index (χ1n) is 19.1. The molecule has 0 bridgehead atoms. The van der Waals surface area contributed by atoms with E-state index in [9.17, 15) is 29.7 Å². The van der Waals surface area contributed by atoms with Gasteiger partial charge in [0.2, 0.25) is 11.8 Å². The Morgan fingerprint density at radius 2 is 0.857 bits per heavy atom. The van der Waals surface area contributed by atoms with Crippen LogP contribution in [0.4, 0.5) is 0 Å². The maximum atomic E-state index is 12.2. The molecule has 5 aromatic rings. The monoisotopic (exact) mass is 754 g/mol. The van der Waals surface area contributed by atoms with E-state index in [0.29, 0.717) is 87.3 Å². The number of nitrogens with zero attached hydrogens (tertiary/aromatic N) is 2. The summed E-state index contributed by atoms with van der Waals surface area (Å²) in [7, 11) is -3.22. The molecule has 0 unspecified atom stereocenters. The topological polar surface area (TPSA) is 146 Å². The van der Waals surface area contributed by atoms with Crippen LogP contribution in [-0.2, 0) is 35.8 Å². The molecular formula is C44H52B2N4O6. The summed E-state index contributed by atoms with van der Waals surface area (Å²) in [4.78, 5) is 29.0. The fourth-order valence-electron chi connectivity index (χ4n) is 7.18. The smallest absolute Gasteiger partial charge is 0.423 e. The summed E-state index contributed by atoms with van der Waals surface area (Å²) in [6.07, 6.45) is 1.34. The zero-order chi connectivity index (χ0) is 40.2. The van der Waals surface area contributed by atoms with E-state index in [1.54, 1.807) is 38.1 Å². The first kappa shape index (κ1) is 42.1. The fourth-order valence-corrected chi connectivity index (χ4v) is 7.18. The molecule has 0 aliphatic heterocycles. The first-order chi connectivity index (χ1) is 26.9. The Morgan fingerprint density at radius 3 is 1.18 bits per heavy atom. The SMILES string of the molecule is C=C(C)C(=O)NCCCN(Cc1ccccc1B(O)O)Cc1c2ccccc2c(CN(CCCNC(=O)C(=C)C)Cc2ccccc2B(O)O)c2ccccc12. The molecule has 0 aliphatic rings. The fraction of sp³-hybridized carbons (Fsp3) is 0.273. The van der Waals surface area contributed by atoms with Crippen molar-refractivity contribution in [2.24, 2.45) is 0 Å². The molecule has 5 rings (SSSR count). The Hall–Kier alpha value is -5.07. The summed E-state index contributed by atoms with van der Waals surface area (Å²) >= 11 is 0. The molecule has 12 heteroatoms. The van der Waals surface area contributed by atoms with Crippen molar-refractivity contribution in [1.82, 2.24) is 20.4 Å². The molecule has 0 spiro atoms. The first-order valence-corrected chi connectivity index (χ1v) is 19.1. The number of carbonyl (C=O) groups excluding carboxylic acids is 2. The minimum Gasteiger partial charge on any atom is -0.423 e. The third kappa shape index (κ3) is 11.0. The van der Waals surface area contributed by atoms with E-state index in [-0.39, 0.29) is 11.8 Å². The van der Waals surface area contributed by atoms with Gasteiger partial charge in [-0.15, -0.1) is 0 Å². The van der Waals surface area contributed by atoms with Crippen LogP contribution >= 0.6 is 0 Å². The average Bonchev–Trinajstić information content (AvgIpc) is 3.18. The van der Waals surface area contributed by atoms with Crippen LogP contribution in [0.15, 0.2) is 121 Å². The third-order valence-corrected chi connectivity index (χ3v) is 10.0. The van der Waals surface area contributed by atoms with Crippen LogP contribution in [0.25, 0.3) is 21.5 Å². The second-order valence-electron chi connectivity index (χ2n) is 14.4. The van der Waals surface area contributed by atoms with Crippen molar-refractivity contribution in [3.8, 4) is 0 Å². The summed E-state index contributed by atoms with van der Waals surface area (Å²) in [6.45, 7) is 15.1. The lowest BCUT2D eigenvalue weighted by Gasteiger charge is -2.28. The van der Waals surface area contributed by atoms with Gasteiger partial charge in [0.15, 0.2) is 0 Å². The predicted octanol–water partition coefficient (Wildman–Crippen LogP) is 3.52. The summed E-state index contributed by atoms with van der Waals surface area (Å²) in [6, 6.07) is 31.4. The van der Waals surface area contributed by atoms with Gasteiger partial charge < -0.3 is 30.7 Å². The summed E-state index contributed by atoms with van der Waals surface area (Å²) in [5.74, 6) is -0.362. The molecule has 0 heterocycles. The standard InChI is InChI=1S/C44H52B2N4O6/c1-31(2)43(51)47-23-13-25-49(27-33-15-5-11-21-41(33)45(53)54)29-39-35-17-7-9-19-37(35)40(38-20-10-8-18-36(38)39)30-50(26-14-24-48-44(52)32(3)4)28-34-16-6-12-22-42(34)46(55)56/h5-12,15-22,53-56H,1,3,13-14,23-30H2,2,4H3,(H,47,51)(H,48,52). The van der Waals surface area contributed by atoms with Gasteiger partial charge in [-0.3, -0.25) is 19.4 Å². The Morgan fingerprint density at radius 1 is 0.536 bits per heavy atom. The molecule has 56 heavy (non-hydrogen) atoms. The molecule has 5 aromatic carbocycles. The minimum absolute atomic E-state index is 0.181. The van der Waals surface area contributed by atoms with Crippen molar-refractivity contribution in [3.63, 3.8) is 0 Å². The van der Waals surface area contributed by atoms with Crippen LogP contribution in [0.3, 0.4) is 0 Å². The van der Waals surface area contributed by atoms with Gasteiger partial charge in [0.1, 0.15) is 0 Å². The zero-order valence-corrected chi connectivity index (χ0v) is 32.4. The molecule has 0 atom stereocenters. The van der Waals surface area contributed by atoms with Gasteiger partial charge in [0, 0.05) is 63.5 Å². The highest BCUT2D eigenvalue weighted by Gasteiger charge is 2.23. The number of fused-ring (bicyclic) bond motifs is 2. The van der Waals surface area contributed by atoms with Crippen LogP contribution in [-0.4, -0.2) is 82.1 Å². The van der Waals surface area contributed by atoms with Crippen LogP contribution in [0.1, 0.15) is 48.9 Å². The van der Waals surface area contributed by atoms with Crippen LogP contribution in [0.2, 0.25) is 0 Å². The number of rotatable bonds is 20. The largest absolute Gasteiger partial charge is 0.488 e. The minimum atomic E-state index is -1.61. The van der Waals surface area contributed by atoms with E-state index in [1.165, 1.54) is 0 Å². The molecule has 6 N–H and O–H groups in total. The lowest BCUT2D eigenvalue weighted by Crippen LogP contribution is -2.36. The van der Waals surface area contributed by atoms with Gasteiger partial charge in [-0.05, 0) is 81.4 Å². The van der Waals surface area contributed by atoms with Crippen molar-refractivity contribution < 1.29 is 29.7 Å². The number of amides is 2. The Bertz CT molecular complexity index is 1970. The van der Waals surface area contributed by atoms with Crippen LogP contribution in [0.5, 0.6) is 0 Å². The summed E-state index contributed by atoms with van der Waals surface area (Å²) in [5, 5.41) is 51.0. The lowest BCUT2D eigenvalue weighted by molar-refractivity contribution is -0.118. The normalized spacial score (nSPS) is 11.3. The highest BCUT2D eigenvalue weighted by atomic mass is 16.4. The molecule has 0 fully saturated rings. The van der Waals surface area contributed by atoms with Crippen molar-refractivity contribution in [2.75, 3.05) is 26.2 Å². The molecule has 2 amide bonds. The Kier molecular flexibility index (Phi) is 15.2. The van der Waals surface area contributed by atoms with Crippen LogP contribution in [0, 0.1) is 0 Å². The van der Waals surface area contributed by atoms with E-state index in [0.717, 1.165) is 43.8 Å². The Balaban J connectivity index is 1.54. The highest BCUT2D eigenvalue weighted by Crippen LogP contribution is 2.35. The second-order valence-corrected chi connectivity index (χ2v) is 14.4. The maximum Gasteiger partial charge on any atom is 0.488 e. The van der Waals surface area contributed by atoms with E-state index < -0.39 is 14.2 Å². The van der Waals surface area contributed by atoms with Crippen LogP contribution < -0.4 is 21.6 Å². The van der Waals surface area contributed by atoms with E-state index in [4.69, 9.17) is 0 Å². The number of hydrogen-bond donors (Lipinski definition) is 6. The maximum absolute atomic E-state index is 12.2. The van der Waals surface area contributed by atoms with Gasteiger partial charge in [0.05, 0.1) is 0 Å². The summed E-state index contributed by atoms with van der Waals surface area (Å²) < 4.78 is 0. The number of nitrogens with one attached hydrogen (secondary N) is 2. The molecule has 290 valence electrons. The molecule has 10 nitrogen and oxygen atoms in total. The Labute approximate surface area is 330 Å². The van der Waals surface area contributed by atoms with Gasteiger partial charge in [-0.25, -0.2) is 0 Å². The molecule has 0 aromatic heterocycles. The van der Waals surface area contributed by atoms with Gasteiger partial charge in [-0.2, -0.15) is 0 Å². The molecule has 0 aliphatic carbocycles. The van der Waals surface area contributed by atoms with Crippen molar-refractivity contribution in [1.29, 1.82) is 0 Å². The number of carbonyl (C=O) groups is 2. The van der Waals surface area contributed by atoms with Crippen molar-refractivity contribution in [3.05, 3.63) is 144 Å². The zero-order valence-electron chi connectivity index (χ0n) is 32.4. The van der Waals surface area contributed by atoms with E-state index >= 15 is 0 Å². The van der Waals surface area contributed by atoms with E-state index in [2.05, 4.69) is 57.9 Å². The van der Waals surface area contributed by atoms with Crippen molar-refractivity contribution >= 4 is 58.5 Å². The summed E-state index contributed by atoms with van der Waals surface area (Å²) in [5.41, 5.74) is 5.69. The quantitative estimate of drug-likeness (QED) is 0.0307. The molecule has 0 saturated heterocycles. The van der Waals surface area contributed by atoms with Gasteiger partial charge in [-0.1, -0.05) is 110 Å². The molecule has 0 saturated carbocycles. The highest BCUT2D eigenvalue weighted by molar-refractivity contribution is 6.59. The molecular weight excluding hydrogens is 702 g/mol. The number of hydrogen-bond acceptors (Lipinski definition) is 8. The third-order valence-electron chi connectivity index (χ3n) is 10.0. The number of benzene rings is 5. The second kappa shape index (κ2) is 20.2. The van der Waals surface area contributed by atoms with E-state index in [1.807, 2.05) is 48.5 Å². The molecule has 0 radical (unpaired) electrons. The van der Waals surface area contributed by atoms with Gasteiger partial charge >= 0.3 is 14.2 Å². The average molecular weight is 755 g/mol. The predicted molar refractivity (Wildman–Crippen MR) is 227 cm³/mol. The lowest BCUT2D eigenvalue weighted by atomic mass is 9.77. The van der Waals surface area contributed by atoms with Crippen molar-refractivity contribution in [2.45, 2.75) is 52.9 Å². The van der Waals surface area contributed by atoms with Gasteiger partial charge in [0.25, 0.3) is 0 Å².